The van der Waals surface area contributed by atoms with Crippen LogP contribution in [-0.2, 0) is 4.79 Å². The van der Waals surface area contributed by atoms with Crippen molar-refractivity contribution in [3.8, 4) is 34.3 Å². The van der Waals surface area contributed by atoms with Crippen LogP contribution in [-0.4, -0.2) is 32.4 Å². The number of fused-ring (bicyclic) bond motifs is 3. The van der Waals surface area contributed by atoms with Gasteiger partial charge < -0.3 is 18.8 Å². The van der Waals surface area contributed by atoms with Gasteiger partial charge in [0.25, 0.3) is 0 Å². The Labute approximate surface area is 224 Å². The van der Waals surface area contributed by atoms with E-state index in [1.165, 1.54) is 10.8 Å². The van der Waals surface area contributed by atoms with Crippen LogP contribution >= 0.6 is 0 Å². The van der Waals surface area contributed by atoms with E-state index in [0.29, 0.717) is 37.0 Å². The molecule has 0 saturated carbocycles. The van der Waals surface area contributed by atoms with Gasteiger partial charge in [-0.3, -0.25) is 0 Å². The molecule has 0 amide bonds. The van der Waals surface area contributed by atoms with Crippen molar-refractivity contribution in [3.05, 3.63) is 109 Å². The number of carbonyl (C=O) groups is 1. The molecule has 0 aliphatic heterocycles. The number of carboxylic acid groups (broad SMARTS) is 1. The first-order chi connectivity index (χ1) is 19.1. The molecular weight excluding hydrogens is 490 g/mol. The summed E-state index contributed by atoms with van der Waals surface area (Å²) in [6.45, 7) is 3.92. The van der Waals surface area contributed by atoms with Crippen LogP contribution in [0.3, 0.4) is 0 Å². The fourth-order valence-corrected chi connectivity index (χ4v) is 4.71. The molecule has 6 aromatic rings. The van der Waals surface area contributed by atoms with Gasteiger partial charge in [-0.15, -0.1) is 10.2 Å². The quantitative estimate of drug-likeness (QED) is 0.160. The van der Waals surface area contributed by atoms with Crippen LogP contribution in [0.15, 0.2) is 114 Å². The van der Waals surface area contributed by atoms with E-state index < -0.39 is 5.97 Å². The highest BCUT2D eigenvalue weighted by atomic mass is 16.5. The van der Waals surface area contributed by atoms with E-state index in [2.05, 4.69) is 82.0 Å². The molecule has 6 rings (SSSR count). The Hall–Kier alpha value is -5.17. The summed E-state index contributed by atoms with van der Waals surface area (Å²) < 4.78 is 14.0. The second-order valence-electron chi connectivity index (χ2n) is 9.22. The van der Waals surface area contributed by atoms with Crippen molar-refractivity contribution < 1.29 is 19.1 Å². The van der Waals surface area contributed by atoms with E-state index in [4.69, 9.17) is 14.3 Å². The molecule has 39 heavy (non-hydrogen) atoms. The van der Waals surface area contributed by atoms with Crippen LogP contribution in [0, 0.1) is 0 Å². The predicted octanol–water partition coefficient (Wildman–Crippen LogP) is 7.30. The van der Waals surface area contributed by atoms with Crippen LogP contribution in [0.4, 0.5) is 0 Å². The number of hydrogen-bond acceptors (Lipinski definition) is 5. The first-order valence-electron chi connectivity index (χ1n) is 12.7. The van der Waals surface area contributed by atoms with E-state index in [9.17, 15) is 4.79 Å². The van der Waals surface area contributed by atoms with Gasteiger partial charge in [-0.2, -0.15) is 0 Å². The van der Waals surface area contributed by atoms with E-state index in [-0.39, 0.29) is 5.57 Å². The Morgan fingerprint density at radius 3 is 2.13 bits per heavy atom. The van der Waals surface area contributed by atoms with Crippen LogP contribution in [0.25, 0.3) is 50.4 Å². The smallest absolute Gasteiger partial charge is 0.330 e. The van der Waals surface area contributed by atoms with Crippen LogP contribution < -0.4 is 4.74 Å². The summed E-state index contributed by atoms with van der Waals surface area (Å²) in [5.74, 6) is 0.479. The number of benzene rings is 4. The second-order valence-corrected chi connectivity index (χ2v) is 9.22. The summed E-state index contributed by atoms with van der Waals surface area (Å²) in [5, 5.41) is 19.9. The Kier molecular flexibility index (Phi) is 6.39. The van der Waals surface area contributed by atoms with Crippen molar-refractivity contribution in [2.24, 2.45) is 0 Å². The largest absolute Gasteiger partial charge is 0.494 e. The topological polar surface area (TPSA) is 90.4 Å². The highest BCUT2D eigenvalue weighted by Crippen LogP contribution is 2.33. The van der Waals surface area contributed by atoms with E-state index in [0.717, 1.165) is 27.8 Å². The molecule has 0 bridgehead atoms. The number of rotatable bonds is 9. The third-order valence-corrected chi connectivity index (χ3v) is 6.65. The van der Waals surface area contributed by atoms with Crippen molar-refractivity contribution in [2.45, 2.75) is 12.8 Å². The highest BCUT2D eigenvalue weighted by Gasteiger charge is 2.14. The Balaban J connectivity index is 1.21. The normalized spacial score (nSPS) is 11.2. The fraction of sp³-hybridized carbons (Fsp3) is 0.0938. The van der Waals surface area contributed by atoms with Crippen molar-refractivity contribution >= 4 is 27.8 Å². The number of hydrogen-bond donors (Lipinski definition) is 1. The van der Waals surface area contributed by atoms with Crippen LogP contribution in [0.1, 0.15) is 12.8 Å². The minimum Gasteiger partial charge on any atom is -0.494 e. The van der Waals surface area contributed by atoms with Crippen LogP contribution in [0.5, 0.6) is 5.75 Å². The lowest BCUT2D eigenvalue weighted by Crippen LogP contribution is -2.03. The molecule has 7 heteroatoms. The van der Waals surface area contributed by atoms with E-state index in [1.807, 2.05) is 36.4 Å². The third kappa shape index (κ3) is 4.78. The summed E-state index contributed by atoms with van der Waals surface area (Å²) in [6.07, 6.45) is 0.933. The number of nitrogens with zero attached hydrogens (tertiary/aromatic N) is 3. The van der Waals surface area contributed by atoms with Crippen LogP contribution in [0.2, 0.25) is 0 Å². The standard InChI is InChI=1S/C32H25N3O4/c1-21(32(36)37)8-7-19-38-25-10-6-9-23(20-25)31-34-33-30(39-31)22-15-17-24(18-16-22)35-28-13-4-2-11-26(28)27-12-3-5-14-29(27)35/h2-6,9-18,20H,1,7-8,19H2,(H,36,37). The molecule has 192 valence electrons. The number of ether oxygens (including phenoxy) is 1. The van der Waals surface area contributed by atoms with Gasteiger partial charge in [0.15, 0.2) is 0 Å². The van der Waals surface area contributed by atoms with Gasteiger partial charge in [-0.05, 0) is 67.4 Å². The summed E-state index contributed by atoms with van der Waals surface area (Å²) in [4.78, 5) is 10.9. The minimum absolute atomic E-state index is 0.175. The maximum Gasteiger partial charge on any atom is 0.330 e. The van der Waals surface area contributed by atoms with Gasteiger partial charge in [0.1, 0.15) is 5.75 Å². The minimum atomic E-state index is -0.981. The first kappa shape index (κ1) is 24.2. The number of para-hydroxylation sites is 2. The van der Waals surface area contributed by atoms with Gasteiger partial charge in [-0.25, -0.2) is 4.79 Å². The zero-order valence-electron chi connectivity index (χ0n) is 21.1. The summed E-state index contributed by atoms with van der Waals surface area (Å²) >= 11 is 0. The molecule has 0 saturated heterocycles. The number of aliphatic carboxylic acids is 1. The summed E-state index contributed by atoms with van der Waals surface area (Å²) in [7, 11) is 0. The molecule has 1 N–H and O–H groups in total. The maximum atomic E-state index is 10.9. The zero-order valence-corrected chi connectivity index (χ0v) is 21.1. The molecule has 0 atom stereocenters. The molecule has 0 unspecified atom stereocenters. The van der Waals surface area contributed by atoms with Gasteiger partial charge >= 0.3 is 5.97 Å². The Bertz CT molecular complexity index is 1760. The van der Waals surface area contributed by atoms with Gasteiger partial charge in [0.2, 0.25) is 11.8 Å². The maximum absolute atomic E-state index is 10.9. The molecule has 0 aliphatic rings. The van der Waals surface area contributed by atoms with Crippen molar-refractivity contribution in [3.63, 3.8) is 0 Å². The predicted molar refractivity (Wildman–Crippen MR) is 151 cm³/mol. The molecular formula is C32H25N3O4. The lowest BCUT2D eigenvalue weighted by atomic mass is 10.2. The molecule has 4 aromatic carbocycles. The molecule has 2 heterocycles. The average Bonchev–Trinajstić information content (AvgIpc) is 3.59. The molecule has 2 aromatic heterocycles. The average molecular weight is 516 g/mol. The number of carboxylic acids is 1. The Morgan fingerprint density at radius 2 is 1.46 bits per heavy atom. The molecule has 0 radical (unpaired) electrons. The monoisotopic (exact) mass is 515 g/mol. The Morgan fingerprint density at radius 1 is 0.821 bits per heavy atom. The molecule has 7 nitrogen and oxygen atoms in total. The lowest BCUT2D eigenvalue weighted by molar-refractivity contribution is -0.132. The van der Waals surface area contributed by atoms with Crippen molar-refractivity contribution in [2.75, 3.05) is 6.61 Å². The van der Waals surface area contributed by atoms with E-state index in [1.54, 1.807) is 0 Å². The van der Waals surface area contributed by atoms with Crippen molar-refractivity contribution in [1.29, 1.82) is 0 Å². The molecule has 0 spiro atoms. The van der Waals surface area contributed by atoms with Gasteiger partial charge in [0.05, 0.1) is 17.6 Å². The molecule has 0 aliphatic carbocycles. The van der Waals surface area contributed by atoms with E-state index >= 15 is 0 Å². The number of aromatic nitrogens is 3. The molecule has 0 fully saturated rings. The highest BCUT2D eigenvalue weighted by molar-refractivity contribution is 6.09. The van der Waals surface area contributed by atoms with Gasteiger partial charge in [0, 0.05) is 33.2 Å². The summed E-state index contributed by atoms with van der Waals surface area (Å²) in [5.41, 5.74) is 5.09. The van der Waals surface area contributed by atoms with Gasteiger partial charge in [-0.1, -0.05) is 49.0 Å². The SMILES string of the molecule is C=C(CCCOc1cccc(-c2nnc(-c3ccc(-n4c5ccccc5c5ccccc54)cc3)o2)c1)C(=O)O. The van der Waals surface area contributed by atoms with Crippen molar-refractivity contribution in [1.82, 2.24) is 14.8 Å². The zero-order chi connectivity index (χ0) is 26.8. The first-order valence-corrected chi connectivity index (χ1v) is 12.7. The third-order valence-electron chi connectivity index (χ3n) is 6.65. The second kappa shape index (κ2) is 10.3. The lowest BCUT2D eigenvalue weighted by Gasteiger charge is -2.08. The fourth-order valence-electron chi connectivity index (χ4n) is 4.71. The summed E-state index contributed by atoms with van der Waals surface area (Å²) in [6, 6.07) is 32.3.